The summed E-state index contributed by atoms with van der Waals surface area (Å²) < 4.78 is 25.0. The van der Waals surface area contributed by atoms with Gasteiger partial charge in [0.05, 0.1) is 26.2 Å². The van der Waals surface area contributed by atoms with Gasteiger partial charge in [-0.05, 0) is 55.3 Å². The summed E-state index contributed by atoms with van der Waals surface area (Å²) in [5, 5.41) is 10.0. The molecule has 2 unspecified atom stereocenters. The average Bonchev–Trinajstić information content (AvgIpc) is 2.69. The topological polar surface area (TPSA) is 59.0 Å². The Morgan fingerprint density at radius 1 is 1.21 bits per heavy atom. The van der Waals surface area contributed by atoms with Crippen LogP contribution in [0.15, 0.2) is 36.4 Å². The van der Waals surface area contributed by atoms with Gasteiger partial charge in [0.25, 0.3) is 0 Å². The fourth-order valence-corrected chi connectivity index (χ4v) is 3.98. The van der Waals surface area contributed by atoms with Crippen molar-refractivity contribution in [3.05, 3.63) is 58.4 Å². The fraction of sp³-hybridized carbons (Fsp3) is 0.381. The third-order valence-electron chi connectivity index (χ3n) is 5.15. The van der Waals surface area contributed by atoms with Crippen LogP contribution in [0.4, 0.5) is 4.39 Å². The first-order valence-corrected chi connectivity index (χ1v) is 9.46. The maximum atomic E-state index is 14.5. The van der Waals surface area contributed by atoms with Crippen molar-refractivity contribution in [1.82, 2.24) is 4.90 Å². The Morgan fingerprint density at radius 3 is 2.57 bits per heavy atom. The first-order valence-electron chi connectivity index (χ1n) is 9.08. The number of hydrogen-bond acceptors (Lipinski definition) is 4. The van der Waals surface area contributed by atoms with E-state index >= 15 is 0 Å². The van der Waals surface area contributed by atoms with Gasteiger partial charge < -0.3 is 14.6 Å². The predicted molar refractivity (Wildman–Crippen MR) is 105 cm³/mol. The molecule has 0 aliphatic carbocycles. The zero-order chi connectivity index (χ0) is 20.3. The third kappa shape index (κ3) is 4.23. The van der Waals surface area contributed by atoms with E-state index in [0.29, 0.717) is 35.8 Å². The monoisotopic (exact) mass is 407 g/mol. The molecule has 0 bridgehead atoms. The van der Waals surface area contributed by atoms with E-state index in [1.54, 1.807) is 37.4 Å². The Kier molecular flexibility index (Phi) is 6.42. The molecule has 150 valence electrons. The molecule has 1 N–H and O–H groups in total. The van der Waals surface area contributed by atoms with Crippen molar-refractivity contribution in [1.29, 1.82) is 0 Å². The molecule has 1 aliphatic rings. The molecule has 0 amide bonds. The Labute approximate surface area is 168 Å². The number of hydrogen-bond donors (Lipinski definition) is 1. The van der Waals surface area contributed by atoms with Gasteiger partial charge >= 0.3 is 5.97 Å². The number of piperidine rings is 1. The highest BCUT2D eigenvalue weighted by atomic mass is 35.5. The summed E-state index contributed by atoms with van der Waals surface area (Å²) in [5.74, 6) is -0.990. The molecule has 2 aromatic carbocycles. The van der Waals surface area contributed by atoms with E-state index in [1.807, 2.05) is 0 Å². The molecule has 28 heavy (non-hydrogen) atoms. The molecular formula is C21H23ClFNO4. The number of carboxylic acid groups (broad SMARTS) is 1. The number of methoxy groups -OCH3 is 2. The summed E-state index contributed by atoms with van der Waals surface area (Å²) in [5.41, 5.74) is 1.45. The van der Waals surface area contributed by atoms with Gasteiger partial charge in [-0.2, -0.15) is 0 Å². The van der Waals surface area contributed by atoms with Crippen LogP contribution in [0.25, 0.3) is 0 Å². The second kappa shape index (κ2) is 8.80. The molecule has 2 aromatic rings. The highest BCUT2D eigenvalue weighted by molar-refractivity contribution is 6.30. The van der Waals surface area contributed by atoms with Crippen molar-refractivity contribution in [2.24, 2.45) is 5.92 Å². The summed E-state index contributed by atoms with van der Waals surface area (Å²) in [7, 11) is 2.98. The van der Waals surface area contributed by atoms with Gasteiger partial charge in [-0.1, -0.05) is 17.7 Å². The lowest BCUT2D eigenvalue weighted by Crippen LogP contribution is -2.41. The van der Waals surface area contributed by atoms with E-state index in [-0.39, 0.29) is 5.75 Å². The van der Waals surface area contributed by atoms with Crippen LogP contribution in [0.2, 0.25) is 5.02 Å². The molecule has 2 atom stereocenters. The number of halogens is 2. The standard InChI is InChI=1S/C21H23ClFNO4/c1-27-18-8-6-15(22)11-16(18)20(13-5-7-19(28-2)17(23)10-13)24-9-3-4-14(12-24)21(25)26/h5-8,10-11,14,20H,3-4,9,12H2,1-2H3,(H,25,26). The van der Waals surface area contributed by atoms with Crippen LogP contribution in [0.3, 0.4) is 0 Å². The number of ether oxygens (including phenoxy) is 2. The predicted octanol–water partition coefficient (Wildman–Crippen LogP) is 4.38. The molecule has 7 heteroatoms. The smallest absolute Gasteiger partial charge is 0.307 e. The molecule has 0 saturated carbocycles. The molecule has 3 rings (SSSR count). The van der Waals surface area contributed by atoms with Crippen LogP contribution >= 0.6 is 11.6 Å². The maximum absolute atomic E-state index is 14.5. The molecule has 0 radical (unpaired) electrons. The molecule has 5 nitrogen and oxygen atoms in total. The van der Waals surface area contributed by atoms with Crippen LogP contribution < -0.4 is 9.47 Å². The number of nitrogens with zero attached hydrogens (tertiary/aromatic N) is 1. The Morgan fingerprint density at radius 2 is 1.93 bits per heavy atom. The Balaban J connectivity index is 2.10. The first kappa shape index (κ1) is 20.4. The van der Waals surface area contributed by atoms with Crippen molar-refractivity contribution >= 4 is 17.6 Å². The van der Waals surface area contributed by atoms with Crippen molar-refractivity contribution < 1.29 is 23.8 Å². The minimum absolute atomic E-state index is 0.155. The molecule has 1 heterocycles. The maximum Gasteiger partial charge on any atom is 0.307 e. The van der Waals surface area contributed by atoms with Gasteiger partial charge in [-0.25, -0.2) is 4.39 Å². The van der Waals surface area contributed by atoms with Crippen molar-refractivity contribution in [3.63, 3.8) is 0 Å². The van der Waals surface area contributed by atoms with E-state index in [1.165, 1.54) is 13.2 Å². The average molecular weight is 408 g/mol. The number of carbonyl (C=O) groups is 1. The SMILES string of the molecule is COc1ccc(C(c2cc(Cl)ccc2OC)N2CCCC(C(=O)O)C2)cc1F. The minimum atomic E-state index is -0.817. The van der Waals surface area contributed by atoms with E-state index in [0.717, 1.165) is 12.0 Å². The van der Waals surface area contributed by atoms with Gasteiger partial charge in [0.15, 0.2) is 11.6 Å². The van der Waals surface area contributed by atoms with Crippen molar-refractivity contribution in [2.75, 3.05) is 27.3 Å². The number of benzene rings is 2. The van der Waals surface area contributed by atoms with Crippen LogP contribution in [-0.2, 0) is 4.79 Å². The third-order valence-corrected chi connectivity index (χ3v) is 5.38. The molecule has 0 aromatic heterocycles. The summed E-state index contributed by atoms with van der Waals surface area (Å²) in [4.78, 5) is 13.6. The van der Waals surface area contributed by atoms with Gasteiger partial charge in [0, 0.05) is 17.1 Å². The van der Waals surface area contributed by atoms with E-state index in [4.69, 9.17) is 21.1 Å². The molecular weight excluding hydrogens is 385 g/mol. The second-order valence-corrected chi connectivity index (χ2v) is 7.29. The van der Waals surface area contributed by atoms with E-state index in [9.17, 15) is 14.3 Å². The van der Waals surface area contributed by atoms with E-state index < -0.39 is 23.7 Å². The van der Waals surface area contributed by atoms with Crippen molar-refractivity contribution in [3.8, 4) is 11.5 Å². The van der Waals surface area contributed by atoms with Gasteiger partial charge in [-0.3, -0.25) is 9.69 Å². The van der Waals surface area contributed by atoms with Gasteiger partial charge in [0.1, 0.15) is 5.75 Å². The lowest BCUT2D eigenvalue weighted by atomic mass is 9.91. The lowest BCUT2D eigenvalue weighted by Gasteiger charge is -2.38. The number of rotatable bonds is 6. The van der Waals surface area contributed by atoms with Gasteiger partial charge in [0.2, 0.25) is 0 Å². The number of carboxylic acids is 1. The lowest BCUT2D eigenvalue weighted by molar-refractivity contribution is -0.143. The normalized spacial score (nSPS) is 18.5. The summed E-state index contributed by atoms with van der Waals surface area (Å²) >= 11 is 6.24. The van der Waals surface area contributed by atoms with Crippen LogP contribution in [0.5, 0.6) is 11.5 Å². The molecule has 1 aliphatic heterocycles. The quantitative estimate of drug-likeness (QED) is 0.769. The van der Waals surface area contributed by atoms with E-state index in [2.05, 4.69) is 4.90 Å². The second-order valence-electron chi connectivity index (χ2n) is 6.86. The summed E-state index contributed by atoms with van der Waals surface area (Å²) in [6.07, 6.45) is 1.37. The van der Waals surface area contributed by atoms with Crippen molar-refractivity contribution in [2.45, 2.75) is 18.9 Å². The Bertz CT molecular complexity index is 860. The largest absolute Gasteiger partial charge is 0.496 e. The fourth-order valence-electron chi connectivity index (χ4n) is 3.80. The number of aliphatic carboxylic acids is 1. The van der Waals surface area contributed by atoms with Gasteiger partial charge in [-0.15, -0.1) is 0 Å². The highest BCUT2D eigenvalue weighted by Crippen LogP contribution is 2.39. The zero-order valence-corrected chi connectivity index (χ0v) is 16.6. The highest BCUT2D eigenvalue weighted by Gasteiger charge is 2.33. The minimum Gasteiger partial charge on any atom is -0.496 e. The molecule has 1 fully saturated rings. The van der Waals surface area contributed by atoms with Crippen LogP contribution in [0.1, 0.15) is 30.0 Å². The van der Waals surface area contributed by atoms with Crippen LogP contribution in [0, 0.1) is 11.7 Å². The first-order chi connectivity index (χ1) is 13.4. The zero-order valence-electron chi connectivity index (χ0n) is 15.8. The summed E-state index contributed by atoms with van der Waals surface area (Å²) in [6.45, 7) is 1.06. The summed E-state index contributed by atoms with van der Waals surface area (Å²) in [6, 6.07) is 9.68. The van der Waals surface area contributed by atoms with Crippen LogP contribution in [-0.4, -0.2) is 43.3 Å². The molecule has 0 spiro atoms. The Hall–Kier alpha value is -2.31. The molecule has 1 saturated heterocycles. The number of likely N-dealkylation sites (tertiary alicyclic amines) is 1.